The summed E-state index contributed by atoms with van der Waals surface area (Å²) in [5, 5.41) is 56.8. The number of H-pyrrole nitrogens is 1. The number of thioether (sulfide) groups is 1. The number of carbonyl (C=O) groups excluding carboxylic acids is 15. The van der Waals surface area contributed by atoms with Gasteiger partial charge in [0.15, 0.2) is 0 Å². The number of nitrogens with two attached hydrogens (primary N) is 1. The number of aromatic hydroxyl groups is 2. The van der Waals surface area contributed by atoms with Crippen LogP contribution in [0, 0.1) is 5.92 Å². The highest BCUT2D eigenvalue weighted by molar-refractivity contribution is 8.00. The molecular formula is C97H119N16O18PS. The molecule has 7 aromatic carbocycles. The third-order valence-electron chi connectivity index (χ3n) is 22.7. The summed E-state index contributed by atoms with van der Waals surface area (Å²) in [5.74, 6) is -14.6. The maximum atomic E-state index is 15.7. The van der Waals surface area contributed by atoms with Crippen LogP contribution < -0.4 is 53.6 Å². The molecule has 0 spiro atoms. The van der Waals surface area contributed by atoms with E-state index in [4.69, 9.17) is 5.73 Å². The van der Waals surface area contributed by atoms with Gasteiger partial charge in [0.25, 0.3) is 0 Å². The number of aliphatic hydroxyl groups is 1. The van der Waals surface area contributed by atoms with Crippen molar-refractivity contribution in [3.63, 3.8) is 0 Å². The van der Waals surface area contributed by atoms with Crippen LogP contribution in [0.4, 0.5) is 0 Å². The van der Waals surface area contributed by atoms with Crippen molar-refractivity contribution in [1.29, 1.82) is 0 Å². The molecule has 1 aliphatic heterocycles. The van der Waals surface area contributed by atoms with Crippen LogP contribution in [0.3, 0.4) is 0 Å². The minimum absolute atomic E-state index is 0.0571. The van der Waals surface area contributed by atoms with Crippen molar-refractivity contribution in [2.45, 2.75) is 164 Å². The van der Waals surface area contributed by atoms with Crippen molar-refractivity contribution in [2.24, 2.45) is 11.7 Å². The lowest BCUT2D eigenvalue weighted by atomic mass is 9.99. The fraction of sp³-hybridized carbons (Fsp3) is 0.381. The molecule has 0 unspecified atom stereocenters. The van der Waals surface area contributed by atoms with E-state index < -0.39 is 192 Å². The molecule has 1 fully saturated rings. The van der Waals surface area contributed by atoms with Gasteiger partial charge in [-0.15, -0.1) is 11.8 Å². The summed E-state index contributed by atoms with van der Waals surface area (Å²) in [6, 6.07) is 36.5. The highest BCUT2D eigenvalue weighted by atomic mass is 32.2. The van der Waals surface area contributed by atoms with E-state index in [-0.39, 0.29) is 81.0 Å². The van der Waals surface area contributed by atoms with E-state index in [9.17, 15) is 39.3 Å². The molecule has 8 aromatic rings. The molecule has 0 bridgehead atoms. The smallest absolute Gasteiger partial charge is 0.246 e. The van der Waals surface area contributed by atoms with Crippen LogP contribution in [0.5, 0.6) is 11.5 Å². The fourth-order valence-electron chi connectivity index (χ4n) is 15.5. The lowest BCUT2D eigenvalue weighted by molar-refractivity contribution is -0.151. The normalized spacial score (nSPS) is 21.5. The van der Waals surface area contributed by atoms with E-state index in [1.165, 1.54) is 93.6 Å². The second-order valence-corrected chi connectivity index (χ2v) is 35.2. The lowest BCUT2D eigenvalue weighted by Gasteiger charge is -2.37. The molecule has 36 heteroatoms. The molecule has 0 radical (unpaired) electrons. The summed E-state index contributed by atoms with van der Waals surface area (Å²) >= 11 is 0.839. The standard InChI is InChI=1S/C97H119N16O18PS/c1-9-10-35-79-96(130)110(5)56-84(118)102-74(52-86(120)132)91(125)106-77(47-61-27-17-12-18-28-61)95(129)112(7)80(49-62-29-19-13-20-30-62)92(126)107-75(48-65-38-42-68(115)43-39-65)93(127)109(4)55-83(117)101-73(51-66-53-99-70-34-24-23-33-69(66)70)90(124)105-72(45-64-36-40-67(114)41-37-64)89(123)104-71(44-59(2)3)88(122)108-78(87(121)100-54-82(98)116)57-133-58-85(119)103-76(46-60-25-15-11-16-26-60)94(128)113(8)81(97(131)111(79)6)50-63-31-21-14-22-32-63/h11-34,36-43,53,59,71-81,99,114-115,120,132H,9-10,35,44-52,54-58H2,1-8H3,(H2,98,116)(H,100,121)(H,101,117)(H,102,118)(H,103,119)(H,104,123)(H,105,124)(H,106,125)(H,107,126)(H,108,122)/t71-,72-,73-,74-,75-,76-,77-,78-,79-,80-,81-/m0/s1. The van der Waals surface area contributed by atoms with Crippen LogP contribution in [-0.4, -0.2) is 272 Å². The van der Waals surface area contributed by atoms with Crippen molar-refractivity contribution in [3.8, 4) is 11.5 Å². The predicted molar refractivity (Wildman–Crippen MR) is 505 cm³/mol. The van der Waals surface area contributed by atoms with E-state index in [0.717, 1.165) is 26.5 Å². The number of phenols is 2. The average molecular weight is 1860 g/mol. The molecule has 1 aliphatic rings. The molecule has 11 atom stereocenters. The first-order valence-electron chi connectivity index (χ1n) is 43.9. The number of rotatable bonds is 24. The third kappa shape index (κ3) is 31.5. The third-order valence-corrected chi connectivity index (χ3v) is 24.0. The van der Waals surface area contributed by atoms with Gasteiger partial charge in [0.05, 0.1) is 30.9 Å². The Morgan fingerprint density at radius 3 is 1.35 bits per heavy atom. The van der Waals surface area contributed by atoms with Gasteiger partial charge in [0.1, 0.15) is 78.0 Å². The van der Waals surface area contributed by atoms with Gasteiger partial charge in [-0.25, -0.2) is 0 Å². The summed E-state index contributed by atoms with van der Waals surface area (Å²) in [4.78, 5) is 233. The maximum Gasteiger partial charge on any atom is 0.246 e. The van der Waals surface area contributed by atoms with E-state index in [2.05, 4.69) is 61.7 Å². The molecule has 1 saturated heterocycles. The van der Waals surface area contributed by atoms with Gasteiger partial charge < -0.3 is 98.4 Å². The Labute approximate surface area is 779 Å². The number of likely N-dealkylation sites (N-methyl/N-ethyl adjacent to an activating group) is 5. The Morgan fingerprint density at radius 2 is 0.842 bits per heavy atom. The zero-order chi connectivity index (χ0) is 96.5. The fourth-order valence-corrected chi connectivity index (χ4v) is 16.6. The van der Waals surface area contributed by atoms with Crippen molar-refractivity contribution in [1.82, 2.24) is 77.3 Å². The lowest BCUT2D eigenvalue weighted by Crippen LogP contribution is -2.60. The van der Waals surface area contributed by atoms with Gasteiger partial charge in [0.2, 0.25) is 88.6 Å². The predicted octanol–water partition coefficient (Wildman–Crippen LogP) is 3.47. The molecule has 15 N–H and O–H groups in total. The number of unbranched alkanes of at least 4 members (excludes halogenated alkanes) is 1. The molecule has 1 aromatic heterocycles. The zero-order valence-corrected chi connectivity index (χ0v) is 77.5. The zero-order valence-electron chi connectivity index (χ0n) is 75.7. The van der Waals surface area contributed by atoms with Crippen LogP contribution in [0.1, 0.15) is 91.8 Å². The Bertz CT molecular complexity index is 5370. The monoisotopic (exact) mass is 1860 g/mol. The highest BCUT2D eigenvalue weighted by Crippen LogP contribution is 2.25. The van der Waals surface area contributed by atoms with Crippen LogP contribution in [0.25, 0.3) is 10.9 Å². The summed E-state index contributed by atoms with van der Waals surface area (Å²) in [7, 11) is 9.78. The number of benzene rings is 7. The number of aromatic nitrogens is 1. The molecule has 0 saturated carbocycles. The van der Waals surface area contributed by atoms with E-state index >= 15 is 47.9 Å². The van der Waals surface area contributed by atoms with Crippen LogP contribution in [0.15, 0.2) is 200 Å². The average Bonchev–Trinajstić information content (AvgIpc) is 1.80. The Morgan fingerprint density at radius 1 is 0.444 bits per heavy atom. The van der Waals surface area contributed by atoms with Crippen molar-refractivity contribution in [3.05, 3.63) is 239 Å². The first-order chi connectivity index (χ1) is 63.5. The van der Waals surface area contributed by atoms with Gasteiger partial charge in [-0.1, -0.05) is 206 Å². The maximum absolute atomic E-state index is 15.7. The van der Waals surface area contributed by atoms with Crippen molar-refractivity contribution >= 4 is 126 Å². The van der Waals surface area contributed by atoms with Gasteiger partial charge in [-0.3, -0.25) is 71.9 Å². The first kappa shape index (κ1) is 103. The number of aliphatic hydroxyl groups excluding tert-OH is 1. The number of fused-ring (bicyclic) bond motifs is 1. The first-order valence-corrected chi connectivity index (χ1v) is 45.5. The van der Waals surface area contributed by atoms with Crippen molar-refractivity contribution in [2.75, 3.05) is 66.4 Å². The Kier molecular flexibility index (Phi) is 39.1. The van der Waals surface area contributed by atoms with E-state index in [0.29, 0.717) is 62.7 Å². The number of phenolic OH excluding ortho intramolecular Hbond substituents is 2. The number of nitrogens with zero attached hydrogens (tertiary/aromatic N) is 5. The largest absolute Gasteiger partial charge is 0.508 e. The minimum Gasteiger partial charge on any atom is -0.508 e. The van der Waals surface area contributed by atoms with Gasteiger partial charge in [-0.2, -0.15) is 0 Å². The molecule has 706 valence electrons. The number of nitrogens with one attached hydrogen (secondary N) is 10. The molecular weight excluding hydrogens is 1740 g/mol. The Hall–Kier alpha value is -13.8. The van der Waals surface area contributed by atoms with Crippen LogP contribution in [0.2, 0.25) is 0 Å². The molecule has 0 aliphatic carbocycles. The number of para-hydroxylation sites is 1. The SMILES string of the molecule is CCCC[C@H]1C(=O)N(C)CC(=O)N[C@@H](CC(O)=P)C(=O)N[C@@H](Cc2ccccc2)C(=O)N(C)[C@@H](Cc2ccccc2)C(=O)N[C@@H](Cc2ccc(O)cc2)C(=O)N(C)CC(=O)N[C@@H](Cc2c[nH]c3ccccc23)C(=O)N[C@@H](Cc2ccc(O)cc2)C(=O)N[C@@H](CC(C)C)C(=O)N[C@H](C(=O)NCC(N)=O)CSCC(=O)N[C@@H](Cc2ccccc2)C(=O)N(C)[C@@H](Cc2ccccc2)C(=O)N1C. The summed E-state index contributed by atoms with van der Waals surface area (Å²) in [5.41, 5.74) is 9.21. The second-order valence-electron chi connectivity index (χ2n) is 33.6. The van der Waals surface area contributed by atoms with Crippen molar-refractivity contribution < 1.29 is 87.2 Å². The summed E-state index contributed by atoms with van der Waals surface area (Å²) in [6.45, 7) is 3.17. The topological polar surface area (TPSA) is 483 Å². The second kappa shape index (κ2) is 50.6. The minimum atomic E-state index is -1.68. The molecule has 2 heterocycles. The van der Waals surface area contributed by atoms with Crippen LogP contribution >= 0.6 is 20.6 Å². The number of hydrogen-bond acceptors (Lipinski definition) is 18. The Balaban J connectivity index is 1.13. The molecule has 9 rings (SSSR count). The molecule has 15 amide bonds. The van der Waals surface area contributed by atoms with Gasteiger partial charge in [0, 0.05) is 109 Å². The van der Waals surface area contributed by atoms with E-state index in [1.807, 2.05) is 6.92 Å². The molecule has 34 nitrogen and oxygen atoms in total. The summed E-state index contributed by atoms with van der Waals surface area (Å²) in [6.07, 6.45) is 0.463. The van der Waals surface area contributed by atoms with Gasteiger partial charge >= 0.3 is 0 Å². The number of primary amides is 1. The highest BCUT2D eigenvalue weighted by Gasteiger charge is 2.42. The van der Waals surface area contributed by atoms with E-state index in [1.54, 1.807) is 166 Å². The molecule has 133 heavy (non-hydrogen) atoms. The number of carbonyl (C=O) groups is 15. The quantitative estimate of drug-likeness (QED) is 0.0385. The van der Waals surface area contributed by atoms with Gasteiger partial charge in [-0.05, 0) is 88.0 Å². The van der Waals surface area contributed by atoms with Crippen LogP contribution in [-0.2, 0) is 117 Å². The number of amides is 15. The number of aromatic amines is 1. The summed E-state index contributed by atoms with van der Waals surface area (Å²) < 4.78 is 0. The number of hydrogen-bond donors (Lipinski definition) is 14.